The average Bonchev–Trinajstić information content (AvgIpc) is 3.03. The molecule has 15 nitrogen and oxygen atoms in total. The fourth-order valence-corrected chi connectivity index (χ4v) is 5.74. The number of benzene rings is 2. The van der Waals surface area contributed by atoms with E-state index in [1.165, 1.54) is 6.92 Å². The molecule has 5 rings (SSSR count). The Morgan fingerprint density at radius 2 is 1.23 bits per heavy atom. The van der Waals surface area contributed by atoms with Gasteiger partial charge in [-0.25, -0.2) is 0 Å². The van der Waals surface area contributed by atoms with E-state index in [0.29, 0.717) is 0 Å². The molecule has 0 bridgehead atoms. The smallest absolute Gasteiger partial charge is 0.229 e. The first-order valence-electron chi connectivity index (χ1n) is 14.2. The summed E-state index contributed by atoms with van der Waals surface area (Å²) < 4.78 is 29.3. The molecule has 12 atom stereocenters. The summed E-state index contributed by atoms with van der Waals surface area (Å²) in [7, 11) is 0. The number of aliphatic hydroxyl groups excluding tert-OH is 10. The van der Waals surface area contributed by atoms with Crippen molar-refractivity contribution >= 4 is 0 Å². The van der Waals surface area contributed by atoms with Crippen molar-refractivity contribution in [2.45, 2.75) is 93.6 Å². The zero-order valence-electron chi connectivity index (χ0n) is 23.7. The van der Waals surface area contributed by atoms with Gasteiger partial charge in [-0.1, -0.05) is 30.3 Å². The number of ether oxygens (including phenoxy) is 5. The Balaban J connectivity index is 1.62. The maximum Gasteiger partial charge on any atom is 0.229 e. The van der Waals surface area contributed by atoms with E-state index in [1.807, 2.05) is 6.07 Å². The molecule has 3 aliphatic rings. The highest BCUT2D eigenvalue weighted by Crippen LogP contribution is 2.53. The van der Waals surface area contributed by atoms with Gasteiger partial charge >= 0.3 is 0 Å². The molecule has 2 aromatic rings. The quantitative estimate of drug-likeness (QED) is 0.144. The Hall–Kier alpha value is -2.64. The molecule has 0 aliphatic carbocycles. The first kappa shape index (κ1) is 32.7. The second kappa shape index (κ2) is 13.4. The molecule has 0 saturated carbocycles. The number of hydrogen-bond acceptors (Lipinski definition) is 15. The number of hydrogen-bond donors (Lipinski definition) is 10. The zero-order valence-corrected chi connectivity index (χ0v) is 23.7. The SMILES string of the molecule is Cc1c(O[C@@H]2O[C@H](CO)[C@@H](O)[C@H](O)[C@H]2O)c(CO)c(O[C@@H]2O[C@H](CO)[C@@H](O)[C@H](O)[C@H]2O)c2c1O[C@@H](c1ccccc1)C[C@@H]2O. The van der Waals surface area contributed by atoms with Crippen LogP contribution in [0.25, 0.3) is 0 Å². The van der Waals surface area contributed by atoms with Crippen LogP contribution in [0, 0.1) is 6.92 Å². The minimum atomic E-state index is -1.84. The van der Waals surface area contributed by atoms with Crippen LogP contribution in [0.2, 0.25) is 0 Å². The molecular weight excluding hydrogens is 588 g/mol. The van der Waals surface area contributed by atoms with Crippen LogP contribution in [0.1, 0.15) is 40.9 Å². The third-order valence-corrected chi connectivity index (χ3v) is 8.24. The van der Waals surface area contributed by atoms with E-state index in [-0.39, 0.29) is 40.4 Å². The molecule has 10 N–H and O–H groups in total. The van der Waals surface area contributed by atoms with Crippen molar-refractivity contribution in [1.29, 1.82) is 0 Å². The van der Waals surface area contributed by atoms with E-state index < -0.39 is 93.4 Å². The van der Waals surface area contributed by atoms with Gasteiger partial charge in [-0.15, -0.1) is 0 Å². The number of rotatable bonds is 8. The summed E-state index contributed by atoms with van der Waals surface area (Å²) >= 11 is 0. The Bertz CT molecular complexity index is 1270. The lowest BCUT2D eigenvalue weighted by Crippen LogP contribution is -2.60. The number of aliphatic hydroxyl groups is 10. The highest BCUT2D eigenvalue weighted by Gasteiger charge is 2.48. The summed E-state index contributed by atoms with van der Waals surface area (Å²) in [4.78, 5) is 0. The fourth-order valence-electron chi connectivity index (χ4n) is 5.74. The van der Waals surface area contributed by atoms with Gasteiger partial charge in [0, 0.05) is 12.0 Å². The van der Waals surface area contributed by atoms with E-state index in [9.17, 15) is 51.1 Å². The second-order valence-corrected chi connectivity index (χ2v) is 11.1. The molecular formula is C29H38O15. The van der Waals surface area contributed by atoms with E-state index in [2.05, 4.69) is 0 Å². The van der Waals surface area contributed by atoms with Crippen LogP contribution < -0.4 is 14.2 Å². The van der Waals surface area contributed by atoms with Crippen LogP contribution >= 0.6 is 0 Å². The van der Waals surface area contributed by atoms with E-state index in [1.54, 1.807) is 24.3 Å². The lowest BCUT2D eigenvalue weighted by molar-refractivity contribution is -0.279. The van der Waals surface area contributed by atoms with Gasteiger partial charge in [0.1, 0.15) is 72.2 Å². The second-order valence-electron chi connectivity index (χ2n) is 11.1. The van der Waals surface area contributed by atoms with Crippen molar-refractivity contribution in [1.82, 2.24) is 0 Å². The Kier molecular flexibility index (Phi) is 9.96. The predicted octanol–water partition coefficient (Wildman–Crippen LogP) is -2.60. The third kappa shape index (κ3) is 5.87. The van der Waals surface area contributed by atoms with E-state index >= 15 is 0 Å². The molecule has 3 aliphatic heterocycles. The molecule has 0 spiro atoms. The zero-order chi connectivity index (χ0) is 31.9. The molecule has 15 heteroatoms. The minimum Gasteiger partial charge on any atom is -0.485 e. The van der Waals surface area contributed by atoms with Gasteiger partial charge in [0.15, 0.2) is 0 Å². The van der Waals surface area contributed by atoms with Gasteiger partial charge < -0.3 is 74.7 Å². The van der Waals surface area contributed by atoms with Crippen molar-refractivity contribution in [3.63, 3.8) is 0 Å². The van der Waals surface area contributed by atoms with Gasteiger partial charge in [0.25, 0.3) is 0 Å². The van der Waals surface area contributed by atoms with Crippen molar-refractivity contribution in [3.8, 4) is 17.2 Å². The number of fused-ring (bicyclic) bond motifs is 1. The molecule has 3 heterocycles. The highest BCUT2D eigenvalue weighted by atomic mass is 16.7. The van der Waals surface area contributed by atoms with E-state index in [4.69, 9.17) is 23.7 Å². The summed E-state index contributed by atoms with van der Waals surface area (Å²) in [6.45, 7) is -0.739. The molecule has 244 valence electrons. The van der Waals surface area contributed by atoms with Crippen molar-refractivity contribution in [2.75, 3.05) is 13.2 Å². The first-order chi connectivity index (χ1) is 21.0. The summed E-state index contributed by atoms with van der Waals surface area (Å²) in [6, 6.07) is 9.01. The summed E-state index contributed by atoms with van der Waals surface area (Å²) in [6.07, 6.45) is -18.5. The first-order valence-corrected chi connectivity index (χ1v) is 14.2. The topological polar surface area (TPSA) is 248 Å². The van der Waals surface area contributed by atoms with Gasteiger partial charge in [-0.2, -0.15) is 0 Å². The van der Waals surface area contributed by atoms with Crippen molar-refractivity contribution in [2.24, 2.45) is 0 Å². The molecule has 0 amide bonds. The largest absolute Gasteiger partial charge is 0.485 e. The lowest BCUT2D eigenvalue weighted by Gasteiger charge is -2.42. The van der Waals surface area contributed by atoms with Crippen LogP contribution in [0.3, 0.4) is 0 Å². The molecule has 44 heavy (non-hydrogen) atoms. The van der Waals surface area contributed by atoms with Crippen molar-refractivity contribution in [3.05, 3.63) is 52.6 Å². The maximum absolute atomic E-state index is 11.4. The minimum absolute atomic E-state index is 0.0387. The van der Waals surface area contributed by atoms with Gasteiger partial charge in [0.2, 0.25) is 12.6 Å². The fraction of sp³-hybridized carbons (Fsp3) is 0.586. The Labute approximate surface area is 251 Å². The van der Waals surface area contributed by atoms with Crippen molar-refractivity contribution < 1.29 is 74.7 Å². The van der Waals surface area contributed by atoms with Gasteiger partial charge in [-0.3, -0.25) is 0 Å². The monoisotopic (exact) mass is 626 g/mol. The molecule has 2 aromatic carbocycles. The van der Waals surface area contributed by atoms with Gasteiger partial charge in [-0.05, 0) is 12.5 Å². The van der Waals surface area contributed by atoms with Gasteiger partial charge in [0.05, 0.1) is 37.1 Å². The maximum atomic E-state index is 11.4. The normalized spacial score (nSPS) is 37.2. The summed E-state index contributed by atoms with van der Waals surface area (Å²) in [5.41, 5.74) is 0.838. The molecule has 0 radical (unpaired) electrons. The van der Waals surface area contributed by atoms with Crippen LogP contribution in [0.15, 0.2) is 30.3 Å². The Morgan fingerprint density at radius 3 is 1.73 bits per heavy atom. The van der Waals surface area contributed by atoms with Crippen LogP contribution in [0.5, 0.6) is 17.2 Å². The predicted molar refractivity (Wildman–Crippen MR) is 145 cm³/mol. The lowest BCUT2D eigenvalue weighted by atomic mass is 9.90. The Morgan fingerprint density at radius 1 is 0.705 bits per heavy atom. The standard InChI is InChI=1S/C29H38O15/c1-11-25(43-28-23(38)21(36)19(34)16(9-31)41-28)13(8-30)27(44-29-24(39)22(37)20(35)17(10-32)42-29)18-14(33)7-15(40-26(11)18)12-5-3-2-4-6-12/h2-6,14-17,19-24,28-39H,7-10H2,1H3/t14-,15+,16+,17+,19+,20+,21-,22-,23+,24+,28-,29-/m0/s1. The van der Waals surface area contributed by atoms with Crippen LogP contribution in [-0.4, -0.2) is 126 Å². The molecule has 0 unspecified atom stereocenters. The van der Waals surface area contributed by atoms with E-state index in [0.717, 1.165) is 5.56 Å². The van der Waals surface area contributed by atoms with Crippen LogP contribution in [-0.2, 0) is 16.1 Å². The molecule has 2 fully saturated rings. The summed E-state index contributed by atoms with van der Waals surface area (Å²) in [5, 5.41) is 104. The highest BCUT2D eigenvalue weighted by molar-refractivity contribution is 5.64. The molecule has 0 aromatic heterocycles. The average molecular weight is 627 g/mol. The molecule has 2 saturated heterocycles. The van der Waals surface area contributed by atoms with Crippen LogP contribution in [0.4, 0.5) is 0 Å². The third-order valence-electron chi connectivity index (χ3n) is 8.24. The summed E-state index contributed by atoms with van der Waals surface area (Å²) in [5.74, 6) is -0.416.